The van der Waals surface area contributed by atoms with E-state index in [1.807, 2.05) is 13.8 Å². The molecular formula is C9H17N3O2. The van der Waals surface area contributed by atoms with Crippen LogP contribution < -0.4 is 5.73 Å². The molecule has 5 nitrogen and oxygen atoms in total. The predicted octanol–water partition coefficient (Wildman–Crippen LogP) is 1.06. The Hall–Kier alpha value is -0.940. The fraction of sp³-hybridized carbons (Fsp3) is 0.778. The number of hydrogen-bond donors (Lipinski definition) is 1. The number of aromatic nitrogens is 2. The van der Waals surface area contributed by atoms with Crippen LogP contribution in [0.4, 0.5) is 0 Å². The summed E-state index contributed by atoms with van der Waals surface area (Å²) in [5.74, 6) is 1.16. The molecule has 5 heteroatoms. The first kappa shape index (κ1) is 11.1. The van der Waals surface area contributed by atoms with Gasteiger partial charge in [0.1, 0.15) is 6.10 Å². The second-order valence-electron chi connectivity index (χ2n) is 3.30. The van der Waals surface area contributed by atoms with Crippen molar-refractivity contribution in [3.8, 4) is 0 Å². The van der Waals surface area contributed by atoms with E-state index in [0.29, 0.717) is 18.1 Å². The van der Waals surface area contributed by atoms with Gasteiger partial charge in [0.25, 0.3) is 5.89 Å². The van der Waals surface area contributed by atoms with Crippen LogP contribution in [0.1, 0.15) is 38.1 Å². The minimum Gasteiger partial charge on any atom is -0.372 e. The summed E-state index contributed by atoms with van der Waals surface area (Å²) in [6.45, 7) is 3.89. The summed E-state index contributed by atoms with van der Waals surface area (Å²) in [5.41, 5.74) is 5.77. The molecule has 0 fully saturated rings. The van der Waals surface area contributed by atoms with Crippen LogP contribution >= 0.6 is 0 Å². The third-order valence-corrected chi connectivity index (χ3v) is 2.15. The minimum absolute atomic E-state index is 0.0956. The fourth-order valence-electron chi connectivity index (χ4n) is 0.995. The van der Waals surface area contributed by atoms with Gasteiger partial charge in [-0.05, 0) is 13.3 Å². The molecular weight excluding hydrogens is 182 g/mol. The van der Waals surface area contributed by atoms with Gasteiger partial charge in [-0.25, -0.2) is 0 Å². The Labute approximate surface area is 83.6 Å². The summed E-state index contributed by atoms with van der Waals surface area (Å²) in [4.78, 5) is 4.19. The van der Waals surface area contributed by atoms with Crippen LogP contribution in [-0.4, -0.2) is 23.3 Å². The van der Waals surface area contributed by atoms with Crippen molar-refractivity contribution in [3.05, 3.63) is 11.7 Å². The highest BCUT2D eigenvalue weighted by Crippen LogP contribution is 2.13. The number of nitrogens with two attached hydrogens (primary N) is 1. The summed E-state index contributed by atoms with van der Waals surface area (Å²) in [6, 6.07) is 0.0956. The molecule has 0 saturated heterocycles. The Kier molecular flexibility index (Phi) is 4.03. The third kappa shape index (κ3) is 2.78. The van der Waals surface area contributed by atoms with Crippen molar-refractivity contribution >= 4 is 0 Å². The maximum absolute atomic E-state index is 5.77. The molecule has 0 saturated carbocycles. The summed E-state index contributed by atoms with van der Waals surface area (Å²) in [5, 5.41) is 3.83. The lowest BCUT2D eigenvalue weighted by molar-refractivity contribution is 0.0886. The number of hydrogen-bond acceptors (Lipinski definition) is 5. The topological polar surface area (TPSA) is 74.2 Å². The van der Waals surface area contributed by atoms with E-state index < -0.39 is 0 Å². The smallest absolute Gasteiger partial charge is 0.255 e. The van der Waals surface area contributed by atoms with Crippen LogP contribution in [0.5, 0.6) is 0 Å². The van der Waals surface area contributed by atoms with Crippen molar-refractivity contribution < 1.29 is 9.26 Å². The van der Waals surface area contributed by atoms with Crippen LogP contribution in [0.2, 0.25) is 0 Å². The molecule has 0 aliphatic rings. The molecule has 1 aromatic rings. The molecule has 0 spiro atoms. The van der Waals surface area contributed by atoms with Crippen molar-refractivity contribution in [3.63, 3.8) is 0 Å². The van der Waals surface area contributed by atoms with Crippen LogP contribution in [0.15, 0.2) is 4.52 Å². The standard InChI is InChI=1S/C9H17N3O2/c1-4-7(10)5-8-11-9(14-12-8)6(2)13-3/h6-7H,4-5,10H2,1-3H3. The van der Waals surface area contributed by atoms with Gasteiger partial charge in [-0.1, -0.05) is 12.1 Å². The number of rotatable bonds is 5. The molecule has 2 N–H and O–H groups in total. The zero-order valence-corrected chi connectivity index (χ0v) is 8.86. The highest BCUT2D eigenvalue weighted by Gasteiger charge is 2.14. The highest BCUT2D eigenvalue weighted by atomic mass is 16.5. The Morgan fingerprint density at radius 1 is 1.57 bits per heavy atom. The average Bonchev–Trinajstić information content (AvgIpc) is 2.65. The lowest BCUT2D eigenvalue weighted by Crippen LogP contribution is -2.22. The Bertz CT molecular complexity index is 275. The van der Waals surface area contributed by atoms with Gasteiger partial charge in [0, 0.05) is 19.6 Å². The number of ether oxygens (including phenoxy) is 1. The predicted molar refractivity (Wildman–Crippen MR) is 51.7 cm³/mol. The summed E-state index contributed by atoms with van der Waals surface area (Å²) in [7, 11) is 1.60. The first-order valence-corrected chi connectivity index (χ1v) is 4.78. The van der Waals surface area contributed by atoms with Gasteiger partial charge in [-0.3, -0.25) is 0 Å². The van der Waals surface area contributed by atoms with Crippen LogP contribution in [-0.2, 0) is 11.2 Å². The van der Waals surface area contributed by atoms with E-state index in [1.165, 1.54) is 0 Å². The average molecular weight is 199 g/mol. The van der Waals surface area contributed by atoms with E-state index in [9.17, 15) is 0 Å². The quantitative estimate of drug-likeness (QED) is 0.767. The lowest BCUT2D eigenvalue weighted by atomic mass is 10.2. The molecule has 0 aromatic carbocycles. The molecule has 0 radical (unpaired) electrons. The Morgan fingerprint density at radius 2 is 2.29 bits per heavy atom. The van der Waals surface area contributed by atoms with Crippen molar-refractivity contribution in [2.45, 2.75) is 38.8 Å². The van der Waals surface area contributed by atoms with Crippen molar-refractivity contribution in [1.29, 1.82) is 0 Å². The fourth-order valence-corrected chi connectivity index (χ4v) is 0.995. The van der Waals surface area contributed by atoms with Gasteiger partial charge >= 0.3 is 0 Å². The Balaban J connectivity index is 2.59. The summed E-state index contributed by atoms with van der Waals surface area (Å²) in [6.07, 6.45) is 1.40. The van der Waals surface area contributed by atoms with Crippen molar-refractivity contribution in [2.24, 2.45) is 5.73 Å². The largest absolute Gasteiger partial charge is 0.372 e. The van der Waals surface area contributed by atoms with E-state index >= 15 is 0 Å². The van der Waals surface area contributed by atoms with Gasteiger partial charge in [0.05, 0.1) is 0 Å². The van der Waals surface area contributed by atoms with E-state index in [1.54, 1.807) is 7.11 Å². The zero-order chi connectivity index (χ0) is 10.6. The SMILES string of the molecule is CCC(N)Cc1noc(C(C)OC)n1. The highest BCUT2D eigenvalue weighted by molar-refractivity contribution is 4.91. The number of nitrogens with zero attached hydrogens (tertiary/aromatic N) is 2. The van der Waals surface area contributed by atoms with E-state index in [4.69, 9.17) is 15.0 Å². The zero-order valence-electron chi connectivity index (χ0n) is 8.86. The van der Waals surface area contributed by atoms with Gasteiger partial charge in [-0.15, -0.1) is 0 Å². The molecule has 0 aliphatic carbocycles. The van der Waals surface area contributed by atoms with E-state index in [-0.39, 0.29) is 12.1 Å². The lowest BCUT2D eigenvalue weighted by Gasteiger charge is -2.03. The molecule has 1 heterocycles. The van der Waals surface area contributed by atoms with Gasteiger partial charge < -0.3 is 15.0 Å². The molecule has 2 unspecified atom stereocenters. The molecule has 14 heavy (non-hydrogen) atoms. The molecule has 1 aromatic heterocycles. The molecule has 0 aliphatic heterocycles. The van der Waals surface area contributed by atoms with Gasteiger partial charge in [-0.2, -0.15) is 4.98 Å². The molecule has 80 valence electrons. The van der Waals surface area contributed by atoms with Crippen LogP contribution in [0.25, 0.3) is 0 Å². The summed E-state index contributed by atoms with van der Waals surface area (Å²) >= 11 is 0. The first-order chi connectivity index (χ1) is 6.67. The summed E-state index contributed by atoms with van der Waals surface area (Å²) < 4.78 is 10.1. The maximum Gasteiger partial charge on any atom is 0.255 e. The normalized spacial score (nSPS) is 15.4. The first-order valence-electron chi connectivity index (χ1n) is 4.78. The van der Waals surface area contributed by atoms with Gasteiger partial charge in [0.2, 0.25) is 0 Å². The van der Waals surface area contributed by atoms with E-state index in [0.717, 1.165) is 6.42 Å². The van der Waals surface area contributed by atoms with Crippen molar-refractivity contribution in [2.75, 3.05) is 7.11 Å². The second-order valence-corrected chi connectivity index (χ2v) is 3.30. The Morgan fingerprint density at radius 3 is 2.86 bits per heavy atom. The molecule has 1 rings (SSSR count). The second kappa shape index (κ2) is 5.07. The maximum atomic E-state index is 5.77. The monoisotopic (exact) mass is 199 g/mol. The molecule has 0 amide bonds. The third-order valence-electron chi connectivity index (χ3n) is 2.15. The minimum atomic E-state index is -0.158. The molecule has 2 atom stereocenters. The van der Waals surface area contributed by atoms with Crippen LogP contribution in [0.3, 0.4) is 0 Å². The van der Waals surface area contributed by atoms with Crippen molar-refractivity contribution in [1.82, 2.24) is 10.1 Å². The van der Waals surface area contributed by atoms with Gasteiger partial charge in [0.15, 0.2) is 5.82 Å². The number of methoxy groups -OCH3 is 1. The van der Waals surface area contributed by atoms with E-state index in [2.05, 4.69) is 10.1 Å². The molecule has 0 bridgehead atoms. The van der Waals surface area contributed by atoms with Crippen LogP contribution in [0, 0.1) is 0 Å².